The molecule has 1 aliphatic rings. The summed E-state index contributed by atoms with van der Waals surface area (Å²) in [6.07, 6.45) is 2.13. The third-order valence-electron chi connectivity index (χ3n) is 3.60. The number of nitrogens with two attached hydrogens (primary N) is 1. The Balaban J connectivity index is 2.22. The number of nitrogens with zero attached hydrogens (tertiary/aromatic N) is 3. The maximum atomic E-state index is 12.4. The van der Waals surface area contributed by atoms with E-state index in [0.29, 0.717) is 17.4 Å². The van der Waals surface area contributed by atoms with Crippen LogP contribution in [0.5, 0.6) is 0 Å². The molecular formula is C14H25N5OS. The topological polar surface area (TPSA) is 74.5 Å². The molecule has 0 radical (unpaired) electrons. The van der Waals surface area contributed by atoms with Gasteiger partial charge in [-0.15, -0.1) is 0 Å². The van der Waals surface area contributed by atoms with E-state index in [2.05, 4.69) is 33.3 Å². The fraction of sp³-hybridized carbons (Fsp3) is 0.714. The van der Waals surface area contributed by atoms with E-state index in [-0.39, 0.29) is 11.9 Å². The van der Waals surface area contributed by atoms with Crippen LogP contribution in [-0.2, 0) is 0 Å². The maximum absolute atomic E-state index is 12.4. The number of carbonyl (C=O) groups excluding carboxylic acids is 1. The van der Waals surface area contributed by atoms with Crippen molar-refractivity contribution in [3.05, 3.63) is 5.56 Å². The Kier molecular flexibility index (Phi) is 5.05. The predicted molar refractivity (Wildman–Crippen MR) is 88.1 cm³/mol. The fourth-order valence-electron chi connectivity index (χ4n) is 2.47. The summed E-state index contributed by atoms with van der Waals surface area (Å²) in [6.45, 7) is 5.97. The summed E-state index contributed by atoms with van der Waals surface area (Å²) in [5.74, 6) is 0.248. The molecule has 1 atom stereocenters. The Morgan fingerprint density at radius 1 is 1.52 bits per heavy atom. The van der Waals surface area contributed by atoms with E-state index < -0.39 is 0 Å². The first-order valence-corrected chi connectivity index (χ1v) is 8.18. The van der Waals surface area contributed by atoms with Crippen molar-refractivity contribution in [1.82, 2.24) is 14.6 Å². The zero-order chi connectivity index (χ0) is 15.6. The summed E-state index contributed by atoms with van der Waals surface area (Å²) in [6, 6.07) is 0.608. The molecule has 1 aromatic rings. The van der Waals surface area contributed by atoms with E-state index in [1.54, 1.807) is 0 Å². The Labute approximate surface area is 130 Å². The summed E-state index contributed by atoms with van der Waals surface area (Å²) in [5, 5.41) is 3.88. The lowest BCUT2D eigenvalue weighted by Gasteiger charge is -2.31. The summed E-state index contributed by atoms with van der Waals surface area (Å²) in [4.78, 5) is 16.7. The molecule has 7 heteroatoms. The molecule has 1 fully saturated rings. The molecule has 0 saturated heterocycles. The molecule has 0 bridgehead atoms. The molecule has 1 amide bonds. The van der Waals surface area contributed by atoms with Gasteiger partial charge in [-0.2, -0.15) is 4.37 Å². The minimum Gasteiger partial charge on any atom is -0.382 e. The third-order valence-corrected chi connectivity index (χ3v) is 4.50. The molecule has 3 N–H and O–H groups in total. The van der Waals surface area contributed by atoms with Crippen molar-refractivity contribution in [1.29, 1.82) is 0 Å². The normalized spacial score (nSPS) is 16.0. The summed E-state index contributed by atoms with van der Waals surface area (Å²) < 4.78 is 4.20. The first kappa shape index (κ1) is 16.0. The van der Waals surface area contributed by atoms with Crippen LogP contribution in [0.2, 0.25) is 0 Å². The summed E-state index contributed by atoms with van der Waals surface area (Å²) in [7, 11) is 4.10. The number of hydrogen-bond donors (Lipinski definition) is 2. The van der Waals surface area contributed by atoms with E-state index in [0.717, 1.165) is 30.9 Å². The quantitative estimate of drug-likeness (QED) is 0.796. The second kappa shape index (κ2) is 6.62. The van der Waals surface area contributed by atoms with Crippen LogP contribution in [0.25, 0.3) is 0 Å². The van der Waals surface area contributed by atoms with Crippen molar-refractivity contribution in [2.75, 3.05) is 37.8 Å². The average molecular weight is 311 g/mol. The zero-order valence-electron chi connectivity index (χ0n) is 13.2. The fourth-order valence-corrected chi connectivity index (χ4v) is 3.45. The molecule has 118 valence electrons. The van der Waals surface area contributed by atoms with Crippen LogP contribution >= 0.6 is 11.5 Å². The average Bonchev–Trinajstić information content (AvgIpc) is 3.11. The molecule has 0 aromatic carbocycles. The lowest BCUT2D eigenvalue weighted by Crippen LogP contribution is -2.40. The van der Waals surface area contributed by atoms with Crippen LogP contribution < -0.4 is 16.0 Å². The molecule has 21 heavy (non-hydrogen) atoms. The van der Waals surface area contributed by atoms with Crippen LogP contribution in [-0.4, -0.2) is 54.4 Å². The molecule has 1 saturated carbocycles. The van der Waals surface area contributed by atoms with Crippen molar-refractivity contribution in [3.63, 3.8) is 0 Å². The van der Waals surface area contributed by atoms with Crippen molar-refractivity contribution in [3.8, 4) is 0 Å². The molecule has 1 aliphatic carbocycles. The number of carbonyl (C=O) groups is 1. The maximum Gasteiger partial charge on any atom is 0.258 e. The second-order valence-corrected chi connectivity index (χ2v) is 6.64. The summed E-state index contributed by atoms with van der Waals surface area (Å²) in [5.41, 5.74) is 6.47. The molecule has 2 rings (SSSR count). The van der Waals surface area contributed by atoms with Crippen LogP contribution in [0.15, 0.2) is 0 Å². The Morgan fingerprint density at radius 3 is 2.71 bits per heavy atom. The van der Waals surface area contributed by atoms with Crippen LogP contribution in [0.1, 0.15) is 37.0 Å². The first-order chi connectivity index (χ1) is 9.93. The lowest BCUT2D eigenvalue weighted by atomic mass is 10.2. The zero-order valence-corrected chi connectivity index (χ0v) is 14.0. The largest absolute Gasteiger partial charge is 0.382 e. The number of anilines is 2. The minimum absolute atomic E-state index is 0.0887. The highest BCUT2D eigenvalue weighted by atomic mass is 32.1. The van der Waals surface area contributed by atoms with E-state index >= 15 is 0 Å². The second-order valence-electron chi connectivity index (χ2n) is 5.89. The molecule has 1 heterocycles. The standard InChI is InChI=1S/C14H25N5OS/c1-5-19(9(2)8-18(3)4)14-11(12(15)17-21-14)13(20)16-10-6-7-10/h9-10H,5-8H2,1-4H3,(H2,15,17)(H,16,20). The van der Waals surface area contributed by atoms with Crippen molar-refractivity contribution in [2.45, 2.75) is 38.8 Å². The number of hydrogen-bond acceptors (Lipinski definition) is 6. The van der Waals surface area contributed by atoms with Gasteiger partial charge < -0.3 is 20.9 Å². The highest BCUT2D eigenvalue weighted by molar-refractivity contribution is 7.11. The first-order valence-electron chi connectivity index (χ1n) is 7.41. The van der Waals surface area contributed by atoms with Gasteiger partial charge >= 0.3 is 0 Å². The van der Waals surface area contributed by atoms with Gasteiger partial charge in [0.2, 0.25) is 0 Å². The third kappa shape index (κ3) is 3.85. The lowest BCUT2D eigenvalue weighted by molar-refractivity contribution is 0.0952. The van der Waals surface area contributed by atoms with Crippen LogP contribution in [0, 0.1) is 0 Å². The van der Waals surface area contributed by atoms with E-state index in [1.807, 2.05) is 14.1 Å². The van der Waals surface area contributed by atoms with Gasteiger partial charge in [-0.1, -0.05) is 0 Å². The van der Waals surface area contributed by atoms with Gasteiger partial charge in [-0.25, -0.2) is 0 Å². The SMILES string of the molecule is CCN(c1snc(N)c1C(=O)NC1CC1)C(C)CN(C)C. The molecule has 0 spiro atoms. The van der Waals surface area contributed by atoms with E-state index in [4.69, 9.17) is 5.73 Å². The monoisotopic (exact) mass is 311 g/mol. The number of aromatic nitrogens is 1. The number of likely N-dealkylation sites (N-methyl/N-ethyl adjacent to an activating group) is 2. The number of nitrogen functional groups attached to an aromatic ring is 1. The highest BCUT2D eigenvalue weighted by Gasteiger charge is 2.30. The van der Waals surface area contributed by atoms with Gasteiger partial charge in [0.25, 0.3) is 5.91 Å². The molecule has 1 aromatic heterocycles. The minimum atomic E-state index is -0.0887. The number of amides is 1. The molecule has 6 nitrogen and oxygen atoms in total. The van der Waals surface area contributed by atoms with Crippen molar-refractivity contribution < 1.29 is 4.79 Å². The van der Waals surface area contributed by atoms with Gasteiger partial charge in [0.1, 0.15) is 10.6 Å². The van der Waals surface area contributed by atoms with E-state index in [1.165, 1.54) is 11.5 Å². The van der Waals surface area contributed by atoms with Crippen molar-refractivity contribution in [2.24, 2.45) is 0 Å². The highest BCUT2D eigenvalue weighted by Crippen LogP contribution is 2.32. The van der Waals surface area contributed by atoms with Crippen molar-refractivity contribution >= 4 is 28.3 Å². The molecular weight excluding hydrogens is 286 g/mol. The van der Waals surface area contributed by atoms with Gasteiger partial charge in [-0.05, 0) is 52.3 Å². The van der Waals surface area contributed by atoms with Crippen LogP contribution in [0.4, 0.5) is 10.8 Å². The van der Waals surface area contributed by atoms with Crippen LogP contribution in [0.3, 0.4) is 0 Å². The number of rotatable bonds is 7. The number of nitrogens with one attached hydrogen (secondary N) is 1. The molecule has 0 aliphatic heterocycles. The van der Waals surface area contributed by atoms with Gasteiger partial charge in [-0.3, -0.25) is 4.79 Å². The summed E-state index contributed by atoms with van der Waals surface area (Å²) >= 11 is 1.31. The smallest absolute Gasteiger partial charge is 0.258 e. The predicted octanol–water partition coefficient (Wildman–Crippen LogP) is 1.39. The van der Waals surface area contributed by atoms with Gasteiger partial charge in [0.05, 0.1) is 0 Å². The Hall–Kier alpha value is -1.34. The Bertz CT molecular complexity index is 498. The van der Waals surface area contributed by atoms with Gasteiger partial charge in [0.15, 0.2) is 5.82 Å². The van der Waals surface area contributed by atoms with Gasteiger partial charge in [0, 0.05) is 25.2 Å². The van der Waals surface area contributed by atoms with E-state index in [9.17, 15) is 4.79 Å². The Morgan fingerprint density at radius 2 is 2.19 bits per heavy atom. The molecule has 1 unspecified atom stereocenters.